The van der Waals surface area contributed by atoms with Crippen LogP contribution in [0.15, 0.2) is 24.3 Å². The summed E-state index contributed by atoms with van der Waals surface area (Å²) in [5.41, 5.74) is -0.410. The Morgan fingerprint density at radius 2 is 2.04 bits per heavy atom. The minimum Gasteiger partial charge on any atom is -0.472 e. The van der Waals surface area contributed by atoms with E-state index in [0.717, 1.165) is 24.9 Å². The third-order valence-electron chi connectivity index (χ3n) is 5.38. The highest BCUT2D eigenvalue weighted by molar-refractivity contribution is 5.92. The van der Waals surface area contributed by atoms with Crippen molar-refractivity contribution in [3.05, 3.63) is 29.8 Å². The molecule has 6 nitrogen and oxygen atoms in total. The molecule has 1 aromatic rings. The van der Waals surface area contributed by atoms with E-state index in [0.29, 0.717) is 5.75 Å². The summed E-state index contributed by atoms with van der Waals surface area (Å²) in [5, 5.41) is 0. The first-order valence-electron chi connectivity index (χ1n) is 7.85. The van der Waals surface area contributed by atoms with E-state index in [1.807, 2.05) is 24.3 Å². The topological polar surface area (TPSA) is 65.1 Å². The van der Waals surface area contributed by atoms with Crippen molar-refractivity contribution in [3.8, 4) is 5.75 Å². The van der Waals surface area contributed by atoms with Crippen LogP contribution in [0.3, 0.4) is 0 Å². The molecule has 1 aromatic carbocycles. The molecule has 3 aliphatic heterocycles. The van der Waals surface area contributed by atoms with Crippen molar-refractivity contribution in [3.63, 3.8) is 0 Å². The Bertz CT molecular complexity index is 675. The van der Waals surface area contributed by atoms with E-state index in [1.54, 1.807) is 0 Å². The Balaban J connectivity index is 1.92. The number of esters is 2. The van der Waals surface area contributed by atoms with Crippen LogP contribution in [0.4, 0.5) is 0 Å². The van der Waals surface area contributed by atoms with Gasteiger partial charge in [0.25, 0.3) is 0 Å². The minimum atomic E-state index is -1.35. The summed E-state index contributed by atoms with van der Waals surface area (Å²) in [5.74, 6) is -0.965. The number of carbonyl (C=O) groups excluding carboxylic acids is 2. The first-order valence-corrected chi connectivity index (χ1v) is 7.85. The van der Waals surface area contributed by atoms with Crippen LogP contribution >= 0.6 is 0 Å². The molecule has 2 fully saturated rings. The molecule has 0 radical (unpaired) electrons. The summed E-state index contributed by atoms with van der Waals surface area (Å²) in [4.78, 5) is 27.5. The number of benzene rings is 1. The van der Waals surface area contributed by atoms with E-state index in [2.05, 4.69) is 4.90 Å². The zero-order valence-corrected chi connectivity index (χ0v) is 13.2. The molecule has 0 unspecified atom stereocenters. The lowest BCUT2D eigenvalue weighted by atomic mass is 9.80. The summed E-state index contributed by atoms with van der Waals surface area (Å²) in [7, 11) is 2.68. The van der Waals surface area contributed by atoms with E-state index < -0.39 is 23.5 Å². The number of para-hydroxylation sites is 1. The number of rotatable bonds is 2. The fourth-order valence-electron chi connectivity index (χ4n) is 4.60. The van der Waals surface area contributed by atoms with E-state index in [-0.39, 0.29) is 12.1 Å². The van der Waals surface area contributed by atoms with Crippen molar-refractivity contribution in [2.24, 2.45) is 5.92 Å². The van der Waals surface area contributed by atoms with Gasteiger partial charge in [0.1, 0.15) is 11.7 Å². The predicted molar refractivity (Wildman–Crippen MR) is 79.8 cm³/mol. The minimum absolute atomic E-state index is 0.0556. The highest BCUT2D eigenvalue weighted by atomic mass is 16.6. The number of carbonyl (C=O) groups is 2. The molecule has 0 saturated carbocycles. The first-order chi connectivity index (χ1) is 11.1. The normalized spacial score (nSPS) is 34.3. The molecule has 3 aliphatic rings. The lowest BCUT2D eigenvalue weighted by Crippen LogP contribution is -2.54. The van der Waals surface area contributed by atoms with E-state index in [1.165, 1.54) is 14.2 Å². The Labute approximate surface area is 134 Å². The van der Waals surface area contributed by atoms with Crippen molar-refractivity contribution in [1.82, 2.24) is 4.90 Å². The van der Waals surface area contributed by atoms with Crippen LogP contribution in [0, 0.1) is 5.92 Å². The Kier molecular flexibility index (Phi) is 3.13. The molecule has 4 atom stereocenters. The van der Waals surface area contributed by atoms with E-state index >= 15 is 0 Å². The molecule has 6 heteroatoms. The summed E-state index contributed by atoms with van der Waals surface area (Å²) in [6.07, 6.45) is 1.84. The van der Waals surface area contributed by atoms with Crippen LogP contribution in [0.1, 0.15) is 24.4 Å². The molecular formula is C17H19NO5. The first kappa shape index (κ1) is 14.5. The summed E-state index contributed by atoms with van der Waals surface area (Å²) >= 11 is 0. The summed E-state index contributed by atoms with van der Waals surface area (Å²) in [6.45, 7) is 0.833. The van der Waals surface area contributed by atoms with Gasteiger partial charge in [-0.3, -0.25) is 9.69 Å². The molecule has 0 bridgehead atoms. The number of hydrogen-bond donors (Lipinski definition) is 0. The van der Waals surface area contributed by atoms with Gasteiger partial charge in [0.05, 0.1) is 20.3 Å². The third kappa shape index (κ3) is 1.67. The number of ether oxygens (including phenoxy) is 3. The van der Waals surface area contributed by atoms with Crippen LogP contribution < -0.4 is 4.74 Å². The zero-order valence-electron chi connectivity index (χ0n) is 13.2. The second-order valence-electron chi connectivity index (χ2n) is 6.28. The van der Waals surface area contributed by atoms with E-state index in [4.69, 9.17) is 14.2 Å². The summed E-state index contributed by atoms with van der Waals surface area (Å²) < 4.78 is 16.2. The average Bonchev–Trinajstić information content (AvgIpc) is 3.21. The van der Waals surface area contributed by atoms with Crippen molar-refractivity contribution >= 4 is 11.9 Å². The quantitative estimate of drug-likeness (QED) is 0.766. The van der Waals surface area contributed by atoms with Gasteiger partial charge in [0.2, 0.25) is 5.60 Å². The molecule has 0 aromatic heterocycles. The molecule has 4 rings (SSSR count). The van der Waals surface area contributed by atoms with E-state index in [9.17, 15) is 9.59 Å². The molecule has 0 aliphatic carbocycles. The monoisotopic (exact) mass is 317 g/mol. The van der Waals surface area contributed by atoms with Crippen LogP contribution in [0.25, 0.3) is 0 Å². The van der Waals surface area contributed by atoms with Crippen LogP contribution in [-0.2, 0) is 19.1 Å². The maximum atomic E-state index is 12.8. The van der Waals surface area contributed by atoms with Gasteiger partial charge in [-0.15, -0.1) is 0 Å². The van der Waals surface area contributed by atoms with Crippen LogP contribution in [-0.4, -0.2) is 49.2 Å². The van der Waals surface area contributed by atoms with Gasteiger partial charge >= 0.3 is 11.9 Å². The molecular weight excluding hydrogens is 298 g/mol. The fraction of sp³-hybridized carbons (Fsp3) is 0.529. The second kappa shape index (κ2) is 4.96. The number of fused-ring (bicyclic) bond motifs is 5. The van der Waals surface area contributed by atoms with Gasteiger partial charge in [-0.1, -0.05) is 18.2 Å². The zero-order chi connectivity index (χ0) is 16.2. The second-order valence-corrected chi connectivity index (χ2v) is 6.28. The molecule has 0 N–H and O–H groups in total. The van der Waals surface area contributed by atoms with Gasteiger partial charge in [-0.2, -0.15) is 0 Å². The lowest BCUT2D eigenvalue weighted by Gasteiger charge is -2.31. The third-order valence-corrected chi connectivity index (χ3v) is 5.38. The van der Waals surface area contributed by atoms with Crippen LogP contribution in [0.2, 0.25) is 0 Å². The average molecular weight is 317 g/mol. The molecule has 23 heavy (non-hydrogen) atoms. The Morgan fingerprint density at radius 1 is 1.26 bits per heavy atom. The smallest absolute Gasteiger partial charge is 0.353 e. The van der Waals surface area contributed by atoms with Gasteiger partial charge in [-0.05, 0) is 25.5 Å². The summed E-state index contributed by atoms with van der Waals surface area (Å²) in [6, 6.07) is 7.21. The fourth-order valence-corrected chi connectivity index (χ4v) is 4.60. The molecule has 2 saturated heterocycles. The lowest BCUT2D eigenvalue weighted by molar-refractivity contribution is -0.172. The predicted octanol–water partition coefficient (Wildman–Crippen LogP) is 1.30. The highest BCUT2D eigenvalue weighted by Gasteiger charge is 2.73. The molecule has 0 spiro atoms. The van der Waals surface area contributed by atoms with Crippen molar-refractivity contribution in [2.75, 3.05) is 20.8 Å². The Hall–Kier alpha value is -2.08. The highest BCUT2D eigenvalue weighted by Crippen LogP contribution is 2.59. The van der Waals surface area contributed by atoms with Gasteiger partial charge in [0.15, 0.2) is 0 Å². The largest absolute Gasteiger partial charge is 0.472 e. The van der Waals surface area contributed by atoms with Gasteiger partial charge < -0.3 is 14.2 Å². The van der Waals surface area contributed by atoms with Gasteiger partial charge in [-0.25, -0.2) is 4.79 Å². The maximum Gasteiger partial charge on any atom is 0.353 e. The van der Waals surface area contributed by atoms with Crippen molar-refractivity contribution in [1.29, 1.82) is 0 Å². The maximum absolute atomic E-state index is 12.8. The van der Waals surface area contributed by atoms with Crippen molar-refractivity contribution < 1.29 is 23.8 Å². The SMILES string of the molecule is COC(=O)[C@H]1[C@@H]2CCCN2[C@H]2c3ccccc3O[C@]21C(=O)OC. The van der Waals surface area contributed by atoms with Crippen molar-refractivity contribution in [2.45, 2.75) is 30.5 Å². The molecule has 122 valence electrons. The molecule has 3 heterocycles. The Morgan fingerprint density at radius 3 is 2.78 bits per heavy atom. The molecule has 0 amide bonds. The number of hydrogen-bond acceptors (Lipinski definition) is 6. The number of methoxy groups -OCH3 is 2. The standard InChI is InChI=1S/C17H19NO5/c1-21-15(19)13-11-7-5-9-18(11)14-10-6-3-4-8-12(10)23-17(13,14)16(20)22-2/h3-4,6,8,11,13-14H,5,7,9H2,1-2H3/t11-,13+,14-,17-/m0/s1. The van der Waals surface area contributed by atoms with Crippen LogP contribution in [0.5, 0.6) is 5.75 Å². The van der Waals surface area contributed by atoms with Gasteiger partial charge in [0, 0.05) is 11.6 Å². The number of nitrogens with zero attached hydrogens (tertiary/aromatic N) is 1.